The van der Waals surface area contributed by atoms with E-state index >= 15 is 0 Å². The molecular formula is C20H27NO5. The van der Waals surface area contributed by atoms with Gasteiger partial charge in [0.15, 0.2) is 11.5 Å². The largest absolute Gasteiger partial charge is 0.419 e. The van der Waals surface area contributed by atoms with Crippen molar-refractivity contribution in [1.82, 2.24) is 5.32 Å². The maximum absolute atomic E-state index is 11.8. The number of esters is 2. The zero-order valence-electron chi connectivity index (χ0n) is 15.9. The number of carbonyl (C=O) groups excluding carboxylic acids is 2. The van der Waals surface area contributed by atoms with Crippen molar-refractivity contribution in [2.24, 2.45) is 0 Å². The van der Waals surface area contributed by atoms with Crippen molar-refractivity contribution in [2.45, 2.75) is 46.3 Å². The third-order valence-electron chi connectivity index (χ3n) is 3.20. The van der Waals surface area contributed by atoms with E-state index in [9.17, 15) is 14.7 Å². The van der Waals surface area contributed by atoms with Crippen molar-refractivity contribution in [3.63, 3.8) is 0 Å². The van der Waals surface area contributed by atoms with Crippen LogP contribution in [0.4, 0.5) is 0 Å². The minimum atomic E-state index is -0.811. The minimum Gasteiger partial charge on any atom is -0.419 e. The van der Waals surface area contributed by atoms with E-state index in [1.165, 1.54) is 24.3 Å². The van der Waals surface area contributed by atoms with E-state index < -0.39 is 18.0 Å². The summed E-state index contributed by atoms with van der Waals surface area (Å²) < 4.78 is 10.4. The molecule has 1 aromatic carbocycles. The van der Waals surface area contributed by atoms with Gasteiger partial charge in [0.2, 0.25) is 0 Å². The first-order chi connectivity index (χ1) is 12.2. The highest BCUT2D eigenvalue weighted by Gasteiger charge is 2.18. The number of β-amino-alcohol motifs (C(OH)–C–C–N with tert-alkyl or cyclic N) is 1. The number of allylic oxidation sites excluding steroid dienone is 2. The molecule has 0 aromatic heterocycles. The van der Waals surface area contributed by atoms with E-state index in [4.69, 9.17) is 9.47 Å². The number of benzene rings is 1. The van der Waals surface area contributed by atoms with Crippen molar-refractivity contribution < 1.29 is 24.2 Å². The van der Waals surface area contributed by atoms with Crippen LogP contribution in [0.5, 0.6) is 11.5 Å². The van der Waals surface area contributed by atoms with Gasteiger partial charge in [0, 0.05) is 24.2 Å². The molecule has 0 saturated heterocycles. The number of aliphatic hydroxyl groups excluding tert-OH is 1. The monoisotopic (exact) mass is 361 g/mol. The molecule has 0 aliphatic carbocycles. The van der Waals surface area contributed by atoms with Crippen LogP contribution in [0, 0.1) is 0 Å². The molecule has 0 aliphatic heterocycles. The molecule has 142 valence electrons. The number of aliphatic hydroxyl groups is 1. The van der Waals surface area contributed by atoms with Gasteiger partial charge < -0.3 is 19.9 Å². The Balaban J connectivity index is 3.08. The van der Waals surface area contributed by atoms with Gasteiger partial charge >= 0.3 is 11.9 Å². The molecule has 0 saturated carbocycles. The number of rotatable bonds is 7. The van der Waals surface area contributed by atoms with Gasteiger partial charge in [-0.1, -0.05) is 18.2 Å². The molecule has 0 radical (unpaired) electrons. The predicted molar refractivity (Wildman–Crippen MR) is 100 cm³/mol. The lowest BCUT2D eigenvalue weighted by Crippen LogP contribution is -2.38. The highest BCUT2D eigenvalue weighted by molar-refractivity contribution is 5.86. The van der Waals surface area contributed by atoms with Gasteiger partial charge in [0.1, 0.15) is 0 Å². The molecule has 1 unspecified atom stereocenters. The second kappa shape index (κ2) is 9.89. The van der Waals surface area contributed by atoms with Crippen LogP contribution in [0.3, 0.4) is 0 Å². The van der Waals surface area contributed by atoms with Gasteiger partial charge in [0.05, 0.1) is 6.10 Å². The van der Waals surface area contributed by atoms with E-state index in [2.05, 4.69) is 5.32 Å². The smallest absolute Gasteiger partial charge is 0.335 e. The van der Waals surface area contributed by atoms with Gasteiger partial charge in [-0.05, 0) is 52.3 Å². The van der Waals surface area contributed by atoms with Crippen LogP contribution >= 0.6 is 0 Å². The molecular weight excluding hydrogens is 334 g/mol. The van der Waals surface area contributed by atoms with Crippen molar-refractivity contribution in [3.05, 3.63) is 48.1 Å². The fourth-order valence-electron chi connectivity index (χ4n) is 1.97. The van der Waals surface area contributed by atoms with Crippen LogP contribution in [0.2, 0.25) is 0 Å². The molecule has 0 amide bonds. The molecule has 1 aromatic rings. The van der Waals surface area contributed by atoms with Gasteiger partial charge in [-0.3, -0.25) is 0 Å². The lowest BCUT2D eigenvalue weighted by atomic mass is 10.1. The highest BCUT2D eigenvalue weighted by atomic mass is 16.6. The lowest BCUT2D eigenvalue weighted by Gasteiger charge is -2.23. The van der Waals surface area contributed by atoms with Crippen molar-refractivity contribution >= 4 is 11.9 Å². The topological polar surface area (TPSA) is 84.9 Å². The van der Waals surface area contributed by atoms with Crippen LogP contribution in [0.25, 0.3) is 0 Å². The maximum atomic E-state index is 11.8. The summed E-state index contributed by atoms with van der Waals surface area (Å²) >= 11 is 0. The van der Waals surface area contributed by atoms with E-state index in [1.807, 2.05) is 20.8 Å². The summed E-state index contributed by atoms with van der Waals surface area (Å²) in [5.41, 5.74) is 0.389. The molecule has 1 atom stereocenters. The summed E-state index contributed by atoms with van der Waals surface area (Å²) in [6.45, 7) is 9.68. The van der Waals surface area contributed by atoms with E-state index in [0.717, 1.165) is 0 Å². The second-order valence-corrected chi connectivity index (χ2v) is 6.70. The van der Waals surface area contributed by atoms with Crippen molar-refractivity contribution in [1.29, 1.82) is 0 Å². The average molecular weight is 361 g/mol. The third kappa shape index (κ3) is 7.63. The Hall–Kier alpha value is -2.44. The summed E-state index contributed by atoms with van der Waals surface area (Å²) in [6.07, 6.45) is 4.79. The minimum absolute atomic E-state index is 0.0678. The van der Waals surface area contributed by atoms with Crippen molar-refractivity contribution in [3.8, 4) is 11.5 Å². The van der Waals surface area contributed by atoms with Crippen LogP contribution in [0.1, 0.15) is 46.3 Å². The van der Waals surface area contributed by atoms with Gasteiger partial charge in [0.25, 0.3) is 0 Å². The quantitative estimate of drug-likeness (QED) is 0.441. The first-order valence-corrected chi connectivity index (χ1v) is 8.42. The first kappa shape index (κ1) is 21.6. The lowest BCUT2D eigenvalue weighted by molar-refractivity contribution is -0.131. The Kier molecular flexibility index (Phi) is 8.22. The number of hydrogen-bond donors (Lipinski definition) is 2. The van der Waals surface area contributed by atoms with Crippen LogP contribution in [-0.4, -0.2) is 29.1 Å². The summed E-state index contributed by atoms with van der Waals surface area (Å²) in [5, 5.41) is 13.6. The van der Waals surface area contributed by atoms with E-state index in [0.29, 0.717) is 12.1 Å². The summed E-state index contributed by atoms with van der Waals surface area (Å²) in [6, 6.07) is 4.62. The number of carbonyl (C=O) groups is 2. The average Bonchev–Trinajstić information content (AvgIpc) is 2.54. The van der Waals surface area contributed by atoms with Crippen LogP contribution < -0.4 is 14.8 Å². The zero-order valence-corrected chi connectivity index (χ0v) is 15.9. The molecule has 0 aliphatic rings. The Morgan fingerprint density at radius 1 is 1.08 bits per heavy atom. The summed E-state index contributed by atoms with van der Waals surface area (Å²) in [5.74, 6) is -1.02. The number of hydrogen-bond acceptors (Lipinski definition) is 6. The van der Waals surface area contributed by atoms with Crippen LogP contribution in [0.15, 0.2) is 42.5 Å². The Morgan fingerprint density at radius 2 is 1.62 bits per heavy atom. The first-order valence-electron chi connectivity index (χ1n) is 8.42. The standard InChI is InChI=1S/C20H27NO5/c1-6-8-18(23)25-16-11-10-14(15(22)13-21-20(3,4)5)12-17(16)26-19(24)9-7-2/h6-12,15,21-22H,13H2,1-5H3. The molecule has 0 heterocycles. The fourth-order valence-corrected chi connectivity index (χ4v) is 1.97. The molecule has 1 rings (SSSR count). The number of nitrogens with one attached hydrogen (secondary N) is 1. The molecule has 6 nitrogen and oxygen atoms in total. The van der Waals surface area contributed by atoms with E-state index in [-0.39, 0.29) is 17.0 Å². The SMILES string of the molecule is CC=CC(=O)Oc1ccc(C(O)CNC(C)(C)C)cc1OC(=O)C=CC. The zero-order chi connectivity index (χ0) is 19.7. The normalized spacial score (nSPS) is 13.2. The maximum Gasteiger partial charge on any atom is 0.335 e. The predicted octanol–water partition coefficient (Wildman–Crippen LogP) is 3.07. The van der Waals surface area contributed by atoms with Gasteiger partial charge in [-0.15, -0.1) is 0 Å². The highest BCUT2D eigenvalue weighted by Crippen LogP contribution is 2.31. The Morgan fingerprint density at radius 3 is 2.12 bits per heavy atom. The fraction of sp³-hybridized carbons (Fsp3) is 0.400. The van der Waals surface area contributed by atoms with E-state index in [1.54, 1.807) is 32.1 Å². The molecule has 0 fully saturated rings. The van der Waals surface area contributed by atoms with Gasteiger partial charge in [-0.25, -0.2) is 9.59 Å². The number of ether oxygens (including phenoxy) is 2. The van der Waals surface area contributed by atoms with Crippen LogP contribution in [-0.2, 0) is 9.59 Å². The van der Waals surface area contributed by atoms with Crippen molar-refractivity contribution in [2.75, 3.05) is 6.54 Å². The Bertz CT molecular complexity index is 686. The van der Waals surface area contributed by atoms with Gasteiger partial charge in [-0.2, -0.15) is 0 Å². The molecule has 0 spiro atoms. The molecule has 6 heteroatoms. The molecule has 0 bridgehead atoms. The summed E-state index contributed by atoms with van der Waals surface area (Å²) in [4.78, 5) is 23.5. The Labute approximate surface area is 154 Å². The molecule has 26 heavy (non-hydrogen) atoms. The molecule has 2 N–H and O–H groups in total. The third-order valence-corrected chi connectivity index (χ3v) is 3.20. The second-order valence-electron chi connectivity index (χ2n) is 6.70. The summed E-state index contributed by atoms with van der Waals surface area (Å²) in [7, 11) is 0.